The van der Waals surface area contributed by atoms with Gasteiger partial charge in [-0.15, -0.1) is 0 Å². The van der Waals surface area contributed by atoms with Crippen molar-refractivity contribution in [1.29, 1.82) is 0 Å². The standard InChI is InChI=1S/C21H26N2O3/c1-4-13-25-19-11-7-18(8-12-19)23-21(24)14-22-17-5-9-20(10-6-17)26-15-16(2)3/h4-12,16,22H,1,13-15H2,2-3H3,(H,23,24). The lowest BCUT2D eigenvalue weighted by molar-refractivity contribution is -0.114. The van der Waals surface area contributed by atoms with Crippen LogP contribution < -0.4 is 20.1 Å². The van der Waals surface area contributed by atoms with E-state index in [-0.39, 0.29) is 12.5 Å². The summed E-state index contributed by atoms with van der Waals surface area (Å²) in [5, 5.41) is 5.93. The molecule has 0 aliphatic heterocycles. The van der Waals surface area contributed by atoms with Crippen LogP contribution in [0, 0.1) is 5.92 Å². The summed E-state index contributed by atoms with van der Waals surface area (Å²) in [5.74, 6) is 1.93. The molecule has 2 aromatic carbocycles. The highest BCUT2D eigenvalue weighted by atomic mass is 16.5. The maximum Gasteiger partial charge on any atom is 0.243 e. The Hall–Kier alpha value is -2.95. The zero-order chi connectivity index (χ0) is 18.8. The number of hydrogen-bond acceptors (Lipinski definition) is 4. The quantitative estimate of drug-likeness (QED) is 0.623. The average molecular weight is 354 g/mol. The van der Waals surface area contributed by atoms with Crippen LogP contribution >= 0.6 is 0 Å². The Morgan fingerprint density at radius 1 is 1.00 bits per heavy atom. The van der Waals surface area contributed by atoms with Gasteiger partial charge in [0.15, 0.2) is 0 Å². The van der Waals surface area contributed by atoms with E-state index >= 15 is 0 Å². The van der Waals surface area contributed by atoms with E-state index in [2.05, 4.69) is 31.1 Å². The second kappa shape index (κ2) is 10.1. The van der Waals surface area contributed by atoms with Crippen LogP contribution in [0.1, 0.15) is 13.8 Å². The van der Waals surface area contributed by atoms with Gasteiger partial charge in [0.05, 0.1) is 13.2 Å². The topological polar surface area (TPSA) is 59.6 Å². The first kappa shape index (κ1) is 19.4. The molecule has 0 aromatic heterocycles. The fourth-order valence-electron chi connectivity index (χ4n) is 2.11. The molecule has 0 aliphatic carbocycles. The first-order chi connectivity index (χ1) is 12.6. The van der Waals surface area contributed by atoms with E-state index in [0.29, 0.717) is 19.1 Å². The number of nitrogens with one attached hydrogen (secondary N) is 2. The minimum absolute atomic E-state index is 0.120. The summed E-state index contributed by atoms with van der Waals surface area (Å²) < 4.78 is 11.0. The van der Waals surface area contributed by atoms with E-state index in [1.54, 1.807) is 18.2 Å². The lowest BCUT2D eigenvalue weighted by Gasteiger charge is -2.11. The molecule has 0 atom stereocenters. The maximum atomic E-state index is 12.0. The van der Waals surface area contributed by atoms with Gasteiger partial charge in [-0.1, -0.05) is 26.5 Å². The SMILES string of the molecule is C=CCOc1ccc(NC(=O)CNc2ccc(OCC(C)C)cc2)cc1. The van der Waals surface area contributed by atoms with Crippen molar-refractivity contribution in [2.45, 2.75) is 13.8 Å². The van der Waals surface area contributed by atoms with E-state index in [1.807, 2.05) is 36.4 Å². The summed E-state index contributed by atoms with van der Waals surface area (Å²) in [6.07, 6.45) is 1.68. The van der Waals surface area contributed by atoms with Gasteiger partial charge < -0.3 is 20.1 Å². The smallest absolute Gasteiger partial charge is 0.243 e. The van der Waals surface area contributed by atoms with Gasteiger partial charge in [0.25, 0.3) is 0 Å². The van der Waals surface area contributed by atoms with Crippen LogP contribution in [0.4, 0.5) is 11.4 Å². The zero-order valence-corrected chi connectivity index (χ0v) is 15.3. The average Bonchev–Trinajstić information content (AvgIpc) is 2.65. The molecule has 0 aliphatic rings. The summed E-state index contributed by atoms with van der Waals surface area (Å²) in [5.41, 5.74) is 1.59. The Bertz CT molecular complexity index is 694. The predicted molar refractivity (Wildman–Crippen MR) is 106 cm³/mol. The Labute approximate surface area is 155 Å². The third-order valence-electron chi connectivity index (χ3n) is 3.40. The fourth-order valence-corrected chi connectivity index (χ4v) is 2.11. The molecular weight excluding hydrogens is 328 g/mol. The van der Waals surface area contributed by atoms with Crippen molar-refractivity contribution in [3.8, 4) is 11.5 Å². The highest BCUT2D eigenvalue weighted by Crippen LogP contribution is 2.17. The van der Waals surface area contributed by atoms with Gasteiger partial charge >= 0.3 is 0 Å². The third-order valence-corrected chi connectivity index (χ3v) is 3.40. The van der Waals surface area contributed by atoms with Crippen molar-refractivity contribution in [2.24, 2.45) is 5.92 Å². The molecule has 2 aromatic rings. The summed E-state index contributed by atoms with van der Waals surface area (Å²) in [6.45, 7) is 9.14. The lowest BCUT2D eigenvalue weighted by Crippen LogP contribution is -2.21. The molecule has 1 amide bonds. The molecule has 0 heterocycles. The van der Waals surface area contributed by atoms with Gasteiger partial charge in [-0.2, -0.15) is 0 Å². The van der Waals surface area contributed by atoms with Crippen molar-refractivity contribution < 1.29 is 14.3 Å². The van der Waals surface area contributed by atoms with Crippen LogP contribution in [0.3, 0.4) is 0 Å². The molecule has 26 heavy (non-hydrogen) atoms. The molecule has 138 valence electrons. The summed E-state index contributed by atoms with van der Waals surface area (Å²) >= 11 is 0. The Balaban J connectivity index is 1.76. The number of amides is 1. The highest BCUT2D eigenvalue weighted by molar-refractivity contribution is 5.93. The highest BCUT2D eigenvalue weighted by Gasteiger charge is 2.03. The zero-order valence-electron chi connectivity index (χ0n) is 15.3. The van der Waals surface area contributed by atoms with E-state index in [1.165, 1.54) is 0 Å². The molecule has 0 bridgehead atoms. The molecule has 0 radical (unpaired) electrons. The van der Waals surface area contributed by atoms with Gasteiger partial charge in [0.2, 0.25) is 5.91 Å². The minimum atomic E-state index is -0.120. The van der Waals surface area contributed by atoms with Crippen LogP contribution in [0.5, 0.6) is 11.5 Å². The van der Waals surface area contributed by atoms with Crippen LogP contribution in [-0.4, -0.2) is 25.7 Å². The first-order valence-electron chi connectivity index (χ1n) is 8.67. The first-order valence-corrected chi connectivity index (χ1v) is 8.67. The van der Waals surface area contributed by atoms with E-state index in [4.69, 9.17) is 9.47 Å². The van der Waals surface area contributed by atoms with Crippen molar-refractivity contribution in [3.63, 3.8) is 0 Å². The van der Waals surface area contributed by atoms with Gasteiger partial charge in [-0.25, -0.2) is 0 Å². The molecule has 0 saturated heterocycles. The molecule has 2 N–H and O–H groups in total. The van der Waals surface area contributed by atoms with Crippen LogP contribution in [0.2, 0.25) is 0 Å². The summed E-state index contributed by atoms with van der Waals surface area (Å²) in [4.78, 5) is 12.0. The molecular formula is C21H26N2O3. The number of ether oxygens (including phenoxy) is 2. The van der Waals surface area contributed by atoms with Crippen LogP contribution in [0.25, 0.3) is 0 Å². The Morgan fingerprint density at radius 3 is 2.15 bits per heavy atom. The summed E-state index contributed by atoms with van der Waals surface area (Å²) in [6, 6.07) is 14.8. The molecule has 5 nitrogen and oxygen atoms in total. The van der Waals surface area contributed by atoms with Gasteiger partial charge in [0.1, 0.15) is 18.1 Å². The number of carbonyl (C=O) groups excluding carboxylic acids is 1. The van der Waals surface area contributed by atoms with Crippen molar-refractivity contribution >= 4 is 17.3 Å². The molecule has 2 rings (SSSR count). The second-order valence-electron chi connectivity index (χ2n) is 6.26. The Kier molecular flexibility index (Phi) is 7.55. The normalized spacial score (nSPS) is 10.3. The number of anilines is 2. The maximum absolute atomic E-state index is 12.0. The minimum Gasteiger partial charge on any atom is -0.493 e. The van der Waals surface area contributed by atoms with Gasteiger partial charge in [-0.3, -0.25) is 4.79 Å². The monoisotopic (exact) mass is 354 g/mol. The van der Waals surface area contributed by atoms with E-state index in [9.17, 15) is 4.79 Å². The molecule has 0 spiro atoms. The molecule has 0 fully saturated rings. The van der Waals surface area contributed by atoms with Gasteiger partial charge in [0, 0.05) is 11.4 Å². The third kappa shape index (κ3) is 6.89. The Morgan fingerprint density at radius 2 is 1.58 bits per heavy atom. The number of rotatable bonds is 10. The summed E-state index contributed by atoms with van der Waals surface area (Å²) in [7, 11) is 0. The largest absolute Gasteiger partial charge is 0.493 e. The lowest BCUT2D eigenvalue weighted by atomic mass is 10.2. The van der Waals surface area contributed by atoms with Gasteiger partial charge in [-0.05, 0) is 54.4 Å². The van der Waals surface area contributed by atoms with Crippen molar-refractivity contribution in [2.75, 3.05) is 30.4 Å². The molecule has 5 heteroatoms. The van der Waals surface area contributed by atoms with Crippen molar-refractivity contribution in [3.05, 3.63) is 61.2 Å². The van der Waals surface area contributed by atoms with Crippen molar-refractivity contribution in [1.82, 2.24) is 0 Å². The molecule has 0 saturated carbocycles. The fraction of sp³-hybridized carbons (Fsp3) is 0.286. The van der Waals surface area contributed by atoms with E-state index in [0.717, 1.165) is 22.9 Å². The second-order valence-corrected chi connectivity index (χ2v) is 6.26. The predicted octanol–water partition coefficient (Wildman–Crippen LogP) is 4.34. The molecule has 0 unspecified atom stereocenters. The van der Waals surface area contributed by atoms with Crippen LogP contribution in [0.15, 0.2) is 61.2 Å². The van der Waals surface area contributed by atoms with Crippen LogP contribution in [-0.2, 0) is 4.79 Å². The van der Waals surface area contributed by atoms with E-state index < -0.39 is 0 Å². The number of benzene rings is 2. The number of carbonyl (C=O) groups is 1. The number of hydrogen-bond donors (Lipinski definition) is 2.